The van der Waals surface area contributed by atoms with E-state index in [1.54, 1.807) is 13.8 Å². The topological polar surface area (TPSA) is 85.2 Å². The minimum absolute atomic E-state index is 0.0102. The molecule has 6 nitrogen and oxygen atoms in total. The Morgan fingerprint density at radius 1 is 1.25 bits per heavy atom. The molecule has 0 aliphatic rings. The fourth-order valence-electron chi connectivity index (χ4n) is 1.21. The summed E-state index contributed by atoms with van der Waals surface area (Å²) >= 11 is 0. The second kappa shape index (κ2) is 7.37. The van der Waals surface area contributed by atoms with Crippen molar-refractivity contribution >= 4 is 7.82 Å². The van der Waals surface area contributed by atoms with Gasteiger partial charge in [-0.3, -0.25) is 4.52 Å². The van der Waals surface area contributed by atoms with E-state index >= 15 is 0 Å². The molecule has 0 radical (unpaired) electrons. The van der Waals surface area contributed by atoms with Gasteiger partial charge in [-0.05, 0) is 13.3 Å². The van der Waals surface area contributed by atoms with E-state index in [0.29, 0.717) is 19.6 Å². The molecular weight excluding hydrogens is 235 g/mol. The van der Waals surface area contributed by atoms with Crippen LogP contribution in [0.1, 0.15) is 33.6 Å². The fraction of sp³-hybridized carbons (Fsp3) is 1.00. The Kier molecular flexibility index (Phi) is 7.39. The van der Waals surface area contributed by atoms with Crippen LogP contribution in [0.4, 0.5) is 0 Å². The molecule has 0 rings (SSSR count). The van der Waals surface area contributed by atoms with Crippen molar-refractivity contribution in [2.45, 2.75) is 39.4 Å². The molecule has 0 bridgehead atoms. The van der Waals surface area contributed by atoms with E-state index < -0.39 is 13.6 Å². The number of phosphoric ester groups is 1. The summed E-state index contributed by atoms with van der Waals surface area (Å²) in [6, 6.07) is 0. The van der Waals surface area contributed by atoms with Crippen LogP contribution >= 0.6 is 7.82 Å². The summed E-state index contributed by atoms with van der Waals surface area (Å²) in [6.07, 6.45) is 1.12. The van der Waals surface area contributed by atoms with Crippen LogP contribution in [0.15, 0.2) is 0 Å². The SMILES string of the molecule is CCCOCC(CC)(OCC)OP(=O)(O)O. The summed E-state index contributed by atoms with van der Waals surface area (Å²) < 4.78 is 26.0. The number of rotatable bonds is 9. The van der Waals surface area contributed by atoms with Crippen molar-refractivity contribution in [1.82, 2.24) is 0 Å². The fourth-order valence-corrected chi connectivity index (χ4v) is 1.88. The summed E-state index contributed by atoms with van der Waals surface area (Å²) in [5.41, 5.74) is 0. The first-order valence-electron chi connectivity index (χ1n) is 5.37. The Morgan fingerprint density at radius 3 is 2.25 bits per heavy atom. The second-order valence-electron chi connectivity index (χ2n) is 3.33. The maximum Gasteiger partial charge on any atom is 0.472 e. The van der Waals surface area contributed by atoms with Crippen molar-refractivity contribution < 1.29 is 28.3 Å². The average Bonchev–Trinajstić information content (AvgIpc) is 2.16. The molecule has 16 heavy (non-hydrogen) atoms. The van der Waals surface area contributed by atoms with Crippen molar-refractivity contribution in [2.24, 2.45) is 0 Å². The van der Waals surface area contributed by atoms with Crippen LogP contribution in [0.3, 0.4) is 0 Å². The lowest BCUT2D eigenvalue weighted by Gasteiger charge is -2.31. The Bertz CT molecular complexity index is 228. The van der Waals surface area contributed by atoms with E-state index in [9.17, 15) is 4.57 Å². The van der Waals surface area contributed by atoms with Crippen molar-refractivity contribution in [3.63, 3.8) is 0 Å². The van der Waals surface area contributed by atoms with Gasteiger partial charge in [0, 0.05) is 19.6 Å². The quantitative estimate of drug-likeness (QED) is 0.371. The number of ether oxygens (including phenoxy) is 2. The van der Waals surface area contributed by atoms with Gasteiger partial charge < -0.3 is 19.3 Å². The molecule has 0 fully saturated rings. The van der Waals surface area contributed by atoms with E-state index in [0.717, 1.165) is 6.42 Å². The monoisotopic (exact) mass is 256 g/mol. The summed E-state index contributed by atoms with van der Waals surface area (Å²) in [7, 11) is -4.59. The molecule has 7 heteroatoms. The predicted octanol–water partition coefficient (Wildman–Crippen LogP) is 1.67. The zero-order chi connectivity index (χ0) is 12.7. The van der Waals surface area contributed by atoms with Gasteiger partial charge in [-0.1, -0.05) is 13.8 Å². The molecule has 1 atom stereocenters. The van der Waals surface area contributed by atoms with Crippen LogP contribution in [0.2, 0.25) is 0 Å². The molecule has 0 spiro atoms. The highest BCUT2D eigenvalue weighted by Gasteiger charge is 2.37. The molecule has 0 aliphatic carbocycles. The standard InChI is InChI=1S/C9H21O6P/c1-4-7-13-8-9(5-2,14-6-3)15-16(10,11)12/h4-8H2,1-3H3,(H2,10,11,12). The van der Waals surface area contributed by atoms with E-state index in [1.807, 2.05) is 6.92 Å². The lowest BCUT2D eigenvalue weighted by atomic mass is 10.2. The normalized spacial score (nSPS) is 16.1. The highest BCUT2D eigenvalue weighted by molar-refractivity contribution is 7.46. The highest BCUT2D eigenvalue weighted by Crippen LogP contribution is 2.43. The smallest absolute Gasteiger partial charge is 0.376 e. The first-order chi connectivity index (χ1) is 7.39. The summed E-state index contributed by atoms with van der Waals surface area (Å²) in [4.78, 5) is 17.6. The van der Waals surface area contributed by atoms with Crippen molar-refractivity contribution in [3.8, 4) is 0 Å². The van der Waals surface area contributed by atoms with Crippen molar-refractivity contribution in [1.29, 1.82) is 0 Å². The van der Waals surface area contributed by atoms with Gasteiger partial charge in [-0.25, -0.2) is 4.57 Å². The van der Waals surface area contributed by atoms with Gasteiger partial charge in [0.1, 0.15) is 6.61 Å². The van der Waals surface area contributed by atoms with Gasteiger partial charge in [0.05, 0.1) is 0 Å². The molecule has 0 aromatic heterocycles. The van der Waals surface area contributed by atoms with Crippen LogP contribution in [0.25, 0.3) is 0 Å². The predicted molar refractivity (Wildman–Crippen MR) is 58.9 cm³/mol. The summed E-state index contributed by atoms with van der Waals surface area (Å²) in [5.74, 6) is -1.36. The van der Waals surface area contributed by atoms with Crippen LogP contribution in [-0.4, -0.2) is 35.4 Å². The summed E-state index contributed by atoms with van der Waals surface area (Å²) in [6.45, 7) is 6.20. The minimum atomic E-state index is -4.59. The van der Waals surface area contributed by atoms with Crippen molar-refractivity contribution in [3.05, 3.63) is 0 Å². The van der Waals surface area contributed by atoms with Gasteiger partial charge >= 0.3 is 7.82 Å². The molecular formula is C9H21O6P. The van der Waals surface area contributed by atoms with Crippen molar-refractivity contribution in [2.75, 3.05) is 19.8 Å². The minimum Gasteiger partial charge on any atom is -0.376 e. The molecule has 2 N–H and O–H groups in total. The molecule has 0 amide bonds. The Balaban J connectivity index is 4.50. The molecule has 0 saturated heterocycles. The zero-order valence-electron chi connectivity index (χ0n) is 10.0. The molecule has 98 valence electrons. The van der Waals surface area contributed by atoms with Crippen LogP contribution in [0.5, 0.6) is 0 Å². The first kappa shape index (κ1) is 16.0. The molecule has 0 heterocycles. The third kappa shape index (κ3) is 6.58. The maximum atomic E-state index is 10.8. The number of hydrogen-bond donors (Lipinski definition) is 2. The molecule has 0 saturated carbocycles. The third-order valence-electron chi connectivity index (χ3n) is 1.90. The zero-order valence-corrected chi connectivity index (χ0v) is 10.9. The van der Waals surface area contributed by atoms with Crippen LogP contribution in [0, 0.1) is 0 Å². The Hall–Kier alpha value is 0.0300. The highest BCUT2D eigenvalue weighted by atomic mass is 31.2. The van der Waals surface area contributed by atoms with E-state index in [2.05, 4.69) is 4.52 Å². The number of hydrogen-bond acceptors (Lipinski definition) is 4. The Morgan fingerprint density at radius 2 is 1.88 bits per heavy atom. The van der Waals surface area contributed by atoms with Crippen LogP contribution < -0.4 is 0 Å². The lowest BCUT2D eigenvalue weighted by molar-refractivity contribution is -0.220. The van der Waals surface area contributed by atoms with E-state index in [-0.39, 0.29) is 6.61 Å². The molecule has 0 aliphatic heterocycles. The third-order valence-corrected chi connectivity index (χ3v) is 2.47. The van der Waals surface area contributed by atoms with Crippen LogP contribution in [-0.2, 0) is 18.6 Å². The largest absolute Gasteiger partial charge is 0.472 e. The molecule has 0 aromatic rings. The summed E-state index contributed by atoms with van der Waals surface area (Å²) in [5, 5.41) is 0. The van der Waals surface area contributed by atoms with Gasteiger partial charge in [0.2, 0.25) is 5.79 Å². The second-order valence-corrected chi connectivity index (χ2v) is 4.50. The van der Waals surface area contributed by atoms with E-state index in [4.69, 9.17) is 19.3 Å². The van der Waals surface area contributed by atoms with Gasteiger partial charge in [-0.15, -0.1) is 0 Å². The van der Waals surface area contributed by atoms with E-state index in [1.165, 1.54) is 0 Å². The van der Waals surface area contributed by atoms with Gasteiger partial charge in [-0.2, -0.15) is 0 Å². The lowest BCUT2D eigenvalue weighted by Crippen LogP contribution is -2.39. The number of phosphoric acid groups is 1. The molecule has 0 aromatic carbocycles. The molecule has 1 unspecified atom stereocenters. The maximum absolute atomic E-state index is 10.8. The van der Waals surface area contributed by atoms with Gasteiger partial charge in [0.25, 0.3) is 0 Å². The van der Waals surface area contributed by atoms with Gasteiger partial charge in [0.15, 0.2) is 0 Å². The Labute approximate surface area is 96.1 Å². The average molecular weight is 256 g/mol. The first-order valence-corrected chi connectivity index (χ1v) is 6.90.